The number of halogens is 1. The second-order valence-corrected chi connectivity index (χ2v) is 4.85. The fourth-order valence-corrected chi connectivity index (χ4v) is 2.38. The molecule has 2 heterocycles. The zero-order valence-electron chi connectivity index (χ0n) is 9.76. The van der Waals surface area contributed by atoms with Gasteiger partial charge in [0.1, 0.15) is 10.4 Å². The molecule has 0 radical (unpaired) electrons. The highest BCUT2D eigenvalue weighted by molar-refractivity contribution is 9.10. The molecule has 0 bridgehead atoms. The average molecular weight is 300 g/mol. The van der Waals surface area contributed by atoms with Crippen LogP contribution in [0.2, 0.25) is 0 Å². The summed E-state index contributed by atoms with van der Waals surface area (Å²) in [7, 11) is 0. The molecule has 0 saturated carbocycles. The Bertz CT molecular complexity index is 705. The van der Waals surface area contributed by atoms with Crippen molar-refractivity contribution in [3.8, 4) is 11.3 Å². The van der Waals surface area contributed by atoms with Crippen LogP contribution in [0.4, 0.5) is 0 Å². The van der Waals surface area contributed by atoms with Gasteiger partial charge >= 0.3 is 0 Å². The van der Waals surface area contributed by atoms with Gasteiger partial charge in [-0.2, -0.15) is 0 Å². The summed E-state index contributed by atoms with van der Waals surface area (Å²) in [5, 5.41) is 1.13. The first-order chi connectivity index (χ1) is 8.72. The molecule has 0 N–H and O–H groups in total. The molecule has 0 fully saturated rings. The fraction of sp³-hybridized carbons (Fsp3) is 0.0714. The van der Waals surface area contributed by atoms with Crippen molar-refractivity contribution in [2.24, 2.45) is 0 Å². The van der Waals surface area contributed by atoms with E-state index in [1.165, 1.54) is 0 Å². The van der Waals surface area contributed by atoms with Crippen LogP contribution in [0, 0.1) is 6.92 Å². The number of aromatic nitrogens is 3. The Labute approximate surface area is 113 Å². The molecule has 88 valence electrons. The largest absolute Gasteiger partial charge is 0.256 e. The van der Waals surface area contributed by atoms with Crippen LogP contribution in [0.3, 0.4) is 0 Å². The van der Waals surface area contributed by atoms with E-state index in [1.54, 1.807) is 6.20 Å². The Morgan fingerprint density at radius 2 is 1.94 bits per heavy atom. The van der Waals surface area contributed by atoms with Gasteiger partial charge in [-0.15, -0.1) is 0 Å². The zero-order chi connectivity index (χ0) is 12.5. The Hall–Kier alpha value is -1.81. The van der Waals surface area contributed by atoms with Crippen molar-refractivity contribution in [1.82, 2.24) is 15.0 Å². The summed E-state index contributed by atoms with van der Waals surface area (Å²) in [6.07, 6.45) is 1.80. The van der Waals surface area contributed by atoms with Gasteiger partial charge in [0.25, 0.3) is 0 Å². The molecule has 0 aliphatic heterocycles. The first kappa shape index (κ1) is 11.3. The maximum atomic E-state index is 4.44. The second kappa shape index (κ2) is 4.46. The van der Waals surface area contributed by atoms with E-state index >= 15 is 0 Å². The smallest absolute Gasteiger partial charge is 0.127 e. The van der Waals surface area contributed by atoms with Crippen molar-refractivity contribution in [3.63, 3.8) is 0 Å². The molecule has 0 spiro atoms. The summed E-state index contributed by atoms with van der Waals surface area (Å²) in [6, 6.07) is 12.1. The van der Waals surface area contributed by atoms with Crippen LogP contribution in [0.15, 0.2) is 47.2 Å². The van der Waals surface area contributed by atoms with E-state index in [4.69, 9.17) is 0 Å². The highest BCUT2D eigenvalue weighted by atomic mass is 79.9. The van der Waals surface area contributed by atoms with Crippen molar-refractivity contribution in [2.75, 3.05) is 0 Å². The van der Waals surface area contributed by atoms with Gasteiger partial charge in [0, 0.05) is 17.1 Å². The number of nitrogens with zero attached hydrogens (tertiary/aromatic N) is 3. The van der Waals surface area contributed by atoms with Crippen molar-refractivity contribution < 1.29 is 0 Å². The third-order valence-electron chi connectivity index (χ3n) is 2.71. The zero-order valence-corrected chi connectivity index (χ0v) is 11.3. The van der Waals surface area contributed by atoms with Gasteiger partial charge in [0.15, 0.2) is 0 Å². The molecule has 0 amide bonds. The minimum atomic E-state index is 0.750. The monoisotopic (exact) mass is 299 g/mol. The van der Waals surface area contributed by atoms with Crippen LogP contribution in [0.25, 0.3) is 22.2 Å². The Morgan fingerprint density at radius 3 is 2.78 bits per heavy atom. The van der Waals surface area contributed by atoms with Gasteiger partial charge in [-0.3, -0.25) is 4.98 Å². The van der Waals surface area contributed by atoms with Gasteiger partial charge in [-0.05, 0) is 41.1 Å². The predicted octanol–water partition coefficient (Wildman–Crippen LogP) is 3.76. The molecule has 2 aromatic heterocycles. The number of benzene rings is 1. The van der Waals surface area contributed by atoms with Gasteiger partial charge in [-0.1, -0.05) is 18.2 Å². The maximum Gasteiger partial charge on any atom is 0.127 e. The Morgan fingerprint density at radius 1 is 1.06 bits per heavy atom. The van der Waals surface area contributed by atoms with Crippen LogP contribution >= 0.6 is 15.9 Å². The summed E-state index contributed by atoms with van der Waals surface area (Å²) < 4.78 is 0.797. The average Bonchev–Trinajstić information content (AvgIpc) is 2.37. The molecular formula is C14H10BrN3. The molecule has 0 aliphatic rings. The second-order valence-electron chi connectivity index (χ2n) is 4.03. The number of hydrogen-bond donors (Lipinski definition) is 0. The topological polar surface area (TPSA) is 38.7 Å². The number of pyridine rings is 1. The summed E-state index contributed by atoms with van der Waals surface area (Å²) in [5.41, 5.74) is 2.93. The summed E-state index contributed by atoms with van der Waals surface area (Å²) in [5.74, 6) is 0.750. The molecule has 3 rings (SSSR count). The standard InChI is InChI=1S/C14H10BrN3/c1-9-17-13(8-14(15)18-9)11-5-4-10-3-2-6-16-12(10)7-11/h2-8H,1H3. The molecule has 18 heavy (non-hydrogen) atoms. The third kappa shape index (κ3) is 2.11. The lowest BCUT2D eigenvalue weighted by Gasteiger charge is -2.04. The third-order valence-corrected chi connectivity index (χ3v) is 3.11. The molecule has 0 atom stereocenters. The lowest BCUT2D eigenvalue weighted by molar-refractivity contribution is 1.04. The van der Waals surface area contributed by atoms with Gasteiger partial charge in [0.2, 0.25) is 0 Å². The van der Waals surface area contributed by atoms with E-state index in [2.05, 4.69) is 43.0 Å². The fourth-order valence-electron chi connectivity index (χ4n) is 1.90. The van der Waals surface area contributed by atoms with Crippen molar-refractivity contribution in [2.45, 2.75) is 6.92 Å². The van der Waals surface area contributed by atoms with Gasteiger partial charge < -0.3 is 0 Å². The van der Waals surface area contributed by atoms with E-state index in [0.717, 1.165) is 32.6 Å². The van der Waals surface area contributed by atoms with E-state index in [9.17, 15) is 0 Å². The normalized spacial score (nSPS) is 10.8. The van der Waals surface area contributed by atoms with Crippen molar-refractivity contribution in [3.05, 3.63) is 53.0 Å². The molecule has 4 heteroatoms. The minimum Gasteiger partial charge on any atom is -0.256 e. The van der Waals surface area contributed by atoms with E-state index < -0.39 is 0 Å². The SMILES string of the molecule is Cc1nc(Br)cc(-c2ccc3cccnc3c2)n1. The lowest BCUT2D eigenvalue weighted by atomic mass is 10.1. The van der Waals surface area contributed by atoms with Crippen LogP contribution in [-0.4, -0.2) is 15.0 Å². The molecule has 0 unspecified atom stereocenters. The molecule has 0 saturated heterocycles. The predicted molar refractivity (Wildman–Crippen MR) is 75.2 cm³/mol. The highest BCUT2D eigenvalue weighted by Gasteiger charge is 2.04. The van der Waals surface area contributed by atoms with Gasteiger partial charge in [-0.25, -0.2) is 9.97 Å². The van der Waals surface area contributed by atoms with E-state index in [1.807, 2.05) is 31.2 Å². The summed E-state index contributed by atoms with van der Waals surface area (Å²) >= 11 is 3.39. The van der Waals surface area contributed by atoms with Crippen LogP contribution < -0.4 is 0 Å². The Balaban J connectivity index is 2.19. The Kier molecular flexibility index (Phi) is 2.80. The van der Waals surface area contributed by atoms with Crippen molar-refractivity contribution >= 4 is 26.8 Å². The molecule has 1 aromatic carbocycles. The molecule has 3 nitrogen and oxygen atoms in total. The number of aryl methyl sites for hydroxylation is 1. The van der Waals surface area contributed by atoms with Crippen LogP contribution in [0.1, 0.15) is 5.82 Å². The summed E-state index contributed by atoms with van der Waals surface area (Å²) in [6.45, 7) is 1.88. The highest BCUT2D eigenvalue weighted by Crippen LogP contribution is 2.23. The van der Waals surface area contributed by atoms with Crippen LogP contribution in [-0.2, 0) is 0 Å². The quantitative estimate of drug-likeness (QED) is 0.642. The van der Waals surface area contributed by atoms with Crippen molar-refractivity contribution in [1.29, 1.82) is 0 Å². The van der Waals surface area contributed by atoms with Gasteiger partial charge in [0.05, 0.1) is 11.2 Å². The maximum absolute atomic E-state index is 4.44. The molecule has 0 aliphatic carbocycles. The minimum absolute atomic E-state index is 0.750. The summed E-state index contributed by atoms with van der Waals surface area (Å²) in [4.78, 5) is 13.0. The lowest BCUT2D eigenvalue weighted by Crippen LogP contribution is -1.92. The first-order valence-corrected chi connectivity index (χ1v) is 6.38. The van der Waals surface area contributed by atoms with E-state index in [-0.39, 0.29) is 0 Å². The number of hydrogen-bond acceptors (Lipinski definition) is 3. The molecular weight excluding hydrogens is 290 g/mol. The van der Waals surface area contributed by atoms with Crippen LogP contribution in [0.5, 0.6) is 0 Å². The first-order valence-electron chi connectivity index (χ1n) is 5.59. The number of fused-ring (bicyclic) bond motifs is 1. The molecule has 3 aromatic rings. The number of rotatable bonds is 1. The van der Waals surface area contributed by atoms with E-state index in [0.29, 0.717) is 0 Å².